The van der Waals surface area contributed by atoms with Gasteiger partial charge in [0.15, 0.2) is 17.6 Å². The summed E-state index contributed by atoms with van der Waals surface area (Å²) in [6.07, 6.45) is -10.9. The first-order chi connectivity index (χ1) is 19.7. The molecule has 0 radical (unpaired) electrons. The van der Waals surface area contributed by atoms with Gasteiger partial charge in [0.1, 0.15) is 35.9 Å². The van der Waals surface area contributed by atoms with Gasteiger partial charge in [-0.3, -0.25) is 0 Å². The average Bonchev–Trinajstić information content (AvgIpc) is 3.37. The summed E-state index contributed by atoms with van der Waals surface area (Å²) >= 11 is 0. The molecule has 12 nitrogen and oxygen atoms in total. The number of aliphatic hydroxyl groups is 4. The van der Waals surface area contributed by atoms with Gasteiger partial charge in [0, 0.05) is 17.2 Å². The van der Waals surface area contributed by atoms with E-state index in [1.807, 2.05) is 30.3 Å². The SMILES string of the molecule is COc1ccc2c(c1OC)OC1c3c(cc(OC4OC(C(=O)O)C(O)C(O)C4O)cc3-c3ccccc3)OC(O)C21. The van der Waals surface area contributed by atoms with E-state index in [9.17, 15) is 30.3 Å². The van der Waals surface area contributed by atoms with Crippen LogP contribution in [-0.4, -0.2) is 82.7 Å². The molecule has 3 heterocycles. The van der Waals surface area contributed by atoms with Crippen LogP contribution in [0.5, 0.6) is 28.7 Å². The molecule has 0 aromatic heterocycles. The monoisotopic (exact) mass is 568 g/mol. The average molecular weight is 569 g/mol. The molecule has 3 aromatic rings. The number of methoxy groups -OCH3 is 2. The highest BCUT2D eigenvalue weighted by molar-refractivity contribution is 5.75. The van der Waals surface area contributed by atoms with E-state index in [0.717, 1.165) is 5.56 Å². The second-order valence-electron chi connectivity index (χ2n) is 9.89. The van der Waals surface area contributed by atoms with Crippen LogP contribution < -0.4 is 23.7 Å². The fourth-order valence-corrected chi connectivity index (χ4v) is 5.61. The summed E-state index contributed by atoms with van der Waals surface area (Å²) < 4.78 is 34.5. The molecule has 3 aromatic carbocycles. The van der Waals surface area contributed by atoms with Crippen molar-refractivity contribution >= 4 is 5.97 Å². The highest BCUT2D eigenvalue weighted by Crippen LogP contribution is 2.59. The predicted octanol–water partition coefficient (Wildman–Crippen LogP) is 1.57. The molecule has 0 saturated carbocycles. The molecule has 1 saturated heterocycles. The van der Waals surface area contributed by atoms with Crippen molar-refractivity contribution in [2.45, 2.75) is 49.0 Å². The molecule has 0 bridgehead atoms. The van der Waals surface area contributed by atoms with Gasteiger partial charge in [0.05, 0.1) is 20.1 Å². The van der Waals surface area contributed by atoms with Crippen LogP contribution in [0.2, 0.25) is 0 Å². The lowest BCUT2D eigenvalue weighted by Crippen LogP contribution is -2.61. The Morgan fingerprint density at radius 2 is 1.63 bits per heavy atom. The second-order valence-corrected chi connectivity index (χ2v) is 9.89. The summed E-state index contributed by atoms with van der Waals surface area (Å²) in [5.74, 6) is -0.577. The van der Waals surface area contributed by atoms with Crippen LogP contribution in [0.3, 0.4) is 0 Å². The summed E-state index contributed by atoms with van der Waals surface area (Å²) in [6.45, 7) is 0. The summed E-state index contributed by atoms with van der Waals surface area (Å²) in [5.41, 5.74) is 2.65. The summed E-state index contributed by atoms with van der Waals surface area (Å²) in [6, 6.07) is 15.9. The minimum absolute atomic E-state index is 0.0831. The van der Waals surface area contributed by atoms with E-state index in [2.05, 4.69) is 0 Å². The fraction of sp³-hybridized carbons (Fsp3) is 0.345. The lowest BCUT2D eigenvalue weighted by molar-refractivity contribution is -0.271. The Kier molecular flexibility index (Phi) is 6.88. The highest BCUT2D eigenvalue weighted by Gasteiger charge is 2.50. The van der Waals surface area contributed by atoms with E-state index in [0.29, 0.717) is 33.9 Å². The van der Waals surface area contributed by atoms with Gasteiger partial charge in [0.2, 0.25) is 18.3 Å². The van der Waals surface area contributed by atoms with Crippen LogP contribution in [0.25, 0.3) is 11.1 Å². The van der Waals surface area contributed by atoms with Gasteiger partial charge in [0.25, 0.3) is 0 Å². The lowest BCUT2D eigenvalue weighted by Gasteiger charge is -2.39. The van der Waals surface area contributed by atoms with Gasteiger partial charge < -0.3 is 54.0 Å². The zero-order valence-corrected chi connectivity index (χ0v) is 21.9. The number of aliphatic carboxylic acids is 1. The summed E-state index contributed by atoms with van der Waals surface area (Å²) in [4.78, 5) is 11.6. The van der Waals surface area contributed by atoms with Gasteiger partial charge in [-0.1, -0.05) is 36.4 Å². The van der Waals surface area contributed by atoms with Gasteiger partial charge in [-0.2, -0.15) is 0 Å². The number of hydrogen-bond donors (Lipinski definition) is 5. The molecule has 6 rings (SSSR count). The first-order valence-corrected chi connectivity index (χ1v) is 12.8. The largest absolute Gasteiger partial charge is 0.493 e. The van der Waals surface area contributed by atoms with Crippen molar-refractivity contribution in [2.75, 3.05) is 14.2 Å². The summed E-state index contributed by atoms with van der Waals surface area (Å²) in [7, 11) is 3.01. The van der Waals surface area contributed by atoms with Crippen molar-refractivity contribution in [1.82, 2.24) is 0 Å². The maximum absolute atomic E-state index is 11.6. The Labute approximate surface area is 233 Å². The van der Waals surface area contributed by atoms with Crippen LogP contribution in [0.15, 0.2) is 54.6 Å². The van der Waals surface area contributed by atoms with Crippen LogP contribution in [-0.2, 0) is 9.53 Å². The number of carboxylic acid groups (broad SMARTS) is 1. The third-order valence-corrected chi connectivity index (χ3v) is 7.57. The second kappa shape index (κ2) is 10.4. The number of hydrogen-bond acceptors (Lipinski definition) is 11. The molecule has 0 spiro atoms. The van der Waals surface area contributed by atoms with E-state index < -0.39 is 55.0 Å². The van der Waals surface area contributed by atoms with E-state index in [1.54, 1.807) is 18.2 Å². The van der Waals surface area contributed by atoms with Gasteiger partial charge in [-0.05, 0) is 23.3 Å². The zero-order chi connectivity index (χ0) is 29.0. The first kappa shape index (κ1) is 27.1. The molecule has 0 amide bonds. The van der Waals surface area contributed by atoms with Crippen LogP contribution >= 0.6 is 0 Å². The van der Waals surface area contributed by atoms with Crippen molar-refractivity contribution in [3.63, 3.8) is 0 Å². The van der Waals surface area contributed by atoms with Crippen molar-refractivity contribution in [2.24, 2.45) is 0 Å². The molecular formula is C29H28O12. The highest BCUT2D eigenvalue weighted by atomic mass is 16.7. The maximum Gasteiger partial charge on any atom is 0.335 e. The number of rotatable bonds is 6. The minimum atomic E-state index is -1.86. The van der Waals surface area contributed by atoms with Gasteiger partial charge in [-0.25, -0.2) is 4.79 Å². The van der Waals surface area contributed by atoms with E-state index in [1.165, 1.54) is 20.3 Å². The fourth-order valence-electron chi connectivity index (χ4n) is 5.61. The Morgan fingerprint density at radius 3 is 2.32 bits per heavy atom. The van der Waals surface area contributed by atoms with Crippen molar-refractivity contribution in [3.8, 4) is 39.9 Å². The van der Waals surface area contributed by atoms with Crippen LogP contribution in [0.4, 0.5) is 0 Å². The Bertz CT molecular complexity index is 1460. The van der Waals surface area contributed by atoms with E-state index in [-0.39, 0.29) is 11.5 Å². The Balaban J connectivity index is 1.44. The number of fused-ring (bicyclic) bond motifs is 5. The Hall–Kier alpha value is -4.07. The number of ether oxygens (including phenoxy) is 6. The molecule has 5 N–H and O–H groups in total. The number of carboxylic acids is 1. The normalized spacial score (nSPS) is 29.7. The third-order valence-electron chi connectivity index (χ3n) is 7.57. The topological polar surface area (TPSA) is 174 Å². The molecule has 12 heteroatoms. The van der Waals surface area contributed by atoms with E-state index >= 15 is 0 Å². The first-order valence-electron chi connectivity index (χ1n) is 12.8. The van der Waals surface area contributed by atoms with Crippen molar-refractivity contribution in [3.05, 3.63) is 65.7 Å². The van der Waals surface area contributed by atoms with Gasteiger partial charge in [-0.15, -0.1) is 0 Å². The summed E-state index contributed by atoms with van der Waals surface area (Å²) in [5, 5.41) is 51.3. The van der Waals surface area contributed by atoms with Crippen molar-refractivity contribution in [1.29, 1.82) is 0 Å². The number of carbonyl (C=O) groups is 1. The molecule has 1 fully saturated rings. The molecule has 41 heavy (non-hydrogen) atoms. The minimum Gasteiger partial charge on any atom is -0.493 e. The maximum atomic E-state index is 11.6. The lowest BCUT2D eigenvalue weighted by atomic mass is 9.84. The quantitative estimate of drug-likeness (QED) is 0.291. The molecule has 8 unspecified atom stereocenters. The molecule has 3 aliphatic rings. The number of aliphatic hydroxyl groups excluding tert-OH is 4. The molecule has 216 valence electrons. The van der Waals surface area contributed by atoms with Crippen molar-refractivity contribution < 1.29 is 58.7 Å². The predicted molar refractivity (Wildman–Crippen MR) is 139 cm³/mol. The van der Waals surface area contributed by atoms with E-state index in [4.69, 9.17) is 28.4 Å². The van der Waals surface area contributed by atoms with Crippen LogP contribution in [0, 0.1) is 0 Å². The Morgan fingerprint density at radius 1 is 0.878 bits per heavy atom. The third kappa shape index (κ3) is 4.40. The standard InChI is InChI=1S/C29H28O12/c1-36-16-9-8-14-19-25(40-23(14)24(16)37-2)18-15(12-6-4-3-5-7-12)10-13(11-17(18)39-28(19)35)38-29-22(32)20(30)21(31)26(41-29)27(33)34/h3-11,19-22,25-26,28-32,35H,1-2H3,(H,33,34). The molecule has 8 atom stereocenters. The smallest absolute Gasteiger partial charge is 0.335 e. The molecule has 0 aliphatic carbocycles. The molecule has 3 aliphatic heterocycles. The van der Waals surface area contributed by atoms with Gasteiger partial charge >= 0.3 is 5.97 Å². The molecular weight excluding hydrogens is 540 g/mol. The number of benzene rings is 3. The zero-order valence-electron chi connectivity index (χ0n) is 21.9. The van der Waals surface area contributed by atoms with Crippen LogP contribution in [0.1, 0.15) is 23.1 Å².